The second-order valence-electron chi connectivity index (χ2n) is 6.47. The summed E-state index contributed by atoms with van der Waals surface area (Å²) in [6, 6.07) is 30.2. The van der Waals surface area contributed by atoms with Crippen LogP contribution in [0.25, 0.3) is 10.4 Å². The van der Waals surface area contributed by atoms with Crippen LogP contribution in [-0.4, -0.2) is 0 Å². The molecular weight excluding hydrogens is 341 g/mol. The molecule has 1 aromatic heterocycles. The summed E-state index contributed by atoms with van der Waals surface area (Å²) >= 11 is 1.65. The molecule has 0 fully saturated rings. The van der Waals surface area contributed by atoms with Gasteiger partial charge < -0.3 is 4.90 Å². The number of anilines is 3. The van der Waals surface area contributed by atoms with Crippen molar-refractivity contribution in [3.8, 4) is 10.4 Å². The summed E-state index contributed by atoms with van der Waals surface area (Å²) in [7, 11) is 0. The molecule has 0 N–H and O–H groups in total. The van der Waals surface area contributed by atoms with E-state index in [1.54, 1.807) is 11.3 Å². The van der Waals surface area contributed by atoms with Crippen molar-refractivity contribution in [2.24, 2.45) is 0 Å². The molecule has 0 unspecified atom stereocenters. The molecule has 0 aliphatic rings. The second-order valence-corrected chi connectivity index (χ2v) is 7.35. The van der Waals surface area contributed by atoms with Gasteiger partial charge in [-0.15, -0.1) is 10.3 Å². The molecule has 0 radical (unpaired) electrons. The van der Waals surface area contributed by atoms with Gasteiger partial charge >= 0.3 is 18.9 Å². The quantitative estimate of drug-likeness (QED) is 0.387. The Morgan fingerprint density at radius 1 is 0.704 bits per heavy atom. The Bertz CT molecular complexity index is 990. The maximum absolute atomic E-state index is 3.16. The normalized spacial score (nSPS) is 10.3. The Kier molecular flexibility index (Phi) is 6.24. The molecule has 27 heavy (non-hydrogen) atoms. The Balaban J connectivity index is 0.00000210. The summed E-state index contributed by atoms with van der Waals surface area (Å²) < 4.78 is 0. The first kappa shape index (κ1) is 19.5. The van der Waals surface area contributed by atoms with Crippen molar-refractivity contribution < 1.29 is 18.9 Å². The predicted molar refractivity (Wildman–Crippen MR) is 113 cm³/mol. The third-order valence-corrected chi connectivity index (χ3v) is 5.28. The fraction of sp³-hybridized carbons (Fsp3) is 0.0833. The van der Waals surface area contributed by atoms with Crippen molar-refractivity contribution in [3.05, 3.63) is 101 Å². The van der Waals surface area contributed by atoms with Crippen molar-refractivity contribution in [1.82, 2.24) is 0 Å². The summed E-state index contributed by atoms with van der Waals surface area (Å²) in [5.74, 6) is 0. The number of aryl methyl sites for hydroxylation is 2. The number of benzene rings is 3. The maximum atomic E-state index is 3.16. The maximum Gasteiger partial charge on any atom is 1.00 e. The second kappa shape index (κ2) is 8.63. The molecule has 128 valence electrons. The summed E-state index contributed by atoms with van der Waals surface area (Å²) in [4.78, 5) is 3.55. The molecule has 3 heteroatoms. The van der Waals surface area contributed by atoms with Gasteiger partial charge in [0.05, 0.1) is 0 Å². The number of nitrogens with zero attached hydrogens (tertiary/aromatic N) is 1. The summed E-state index contributed by atoms with van der Waals surface area (Å²) in [5, 5.41) is 3.16. The van der Waals surface area contributed by atoms with Gasteiger partial charge in [-0.2, -0.15) is 12.1 Å². The SMILES string of the molecule is Cc1ccc(N(c2ccc(-c3cc[c-]s3)cc2)c2cccc(C)c2)cc1.[Li+]. The molecular formula is C24H20LiNS. The van der Waals surface area contributed by atoms with Crippen LogP contribution in [0.2, 0.25) is 0 Å². The molecule has 1 heterocycles. The van der Waals surface area contributed by atoms with Gasteiger partial charge in [-0.25, -0.2) is 0 Å². The topological polar surface area (TPSA) is 3.24 Å². The first-order valence-electron chi connectivity index (χ1n) is 8.70. The molecule has 0 saturated heterocycles. The monoisotopic (exact) mass is 361 g/mol. The van der Waals surface area contributed by atoms with E-state index in [1.807, 2.05) is 6.07 Å². The van der Waals surface area contributed by atoms with E-state index in [2.05, 4.69) is 103 Å². The van der Waals surface area contributed by atoms with Gasteiger partial charge in [-0.05, 0) is 55.8 Å². The number of hydrogen-bond acceptors (Lipinski definition) is 2. The van der Waals surface area contributed by atoms with E-state index in [4.69, 9.17) is 0 Å². The van der Waals surface area contributed by atoms with Gasteiger partial charge in [-0.1, -0.05) is 47.5 Å². The Morgan fingerprint density at radius 3 is 1.96 bits per heavy atom. The van der Waals surface area contributed by atoms with E-state index >= 15 is 0 Å². The van der Waals surface area contributed by atoms with Gasteiger partial charge in [0.2, 0.25) is 0 Å². The fourth-order valence-corrected chi connectivity index (χ4v) is 3.73. The molecule has 0 saturated carbocycles. The zero-order valence-corrected chi connectivity index (χ0v) is 16.8. The van der Waals surface area contributed by atoms with E-state index < -0.39 is 0 Å². The van der Waals surface area contributed by atoms with Crippen molar-refractivity contribution in [1.29, 1.82) is 0 Å². The Morgan fingerprint density at radius 2 is 1.37 bits per heavy atom. The van der Waals surface area contributed by atoms with E-state index in [0.717, 1.165) is 5.69 Å². The molecule has 4 rings (SSSR count). The van der Waals surface area contributed by atoms with Crippen molar-refractivity contribution >= 4 is 28.4 Å². The van der Waals surface area contributed by atoms with Crippen LogP contribution >= 0.6 is 11.3 Å². The molecule has 0 amide bonds. The minimum Gasteiger partial charge on any atom is -0.310 e. The minimum atomic E-state index is 0. The van der Waals surface area contributed by atoms with Gasteiger partial charge in [0.15, 0.2) is 0 Å². The van der Waals surface area contributed by atoms with Crippen LogP contribution in [0.15, 0.2) is 84.9 Å². The summed E-state index contributed by atoms with van der Waals surface area (Å²) in [6.45, 7) is 4.25. The van der Waals surface area contributed by atoms with Crippen LogP contribution in [0, 0.1) is 19.2 Å². The van der Waals surface area contributed by atoms with Crippen LogP contribution in [-0.2, 0) is 0 Å². The number of rotatable bonds is 4. The first-order chi connectivity index (χ1) is 12.7. The third kappa shape index (κ3) is 4.37. The average Bonchev–Trinajstić information content (AvgIpc) is 3.19. The van der Waals surface area contributed by atoms with Crippen LogP contribution in [0.1, 0.15) is 11.1 Å². The van der Waals surface area contributed by atoms with E-state index in [-0.39, 0.29) is 18.9 Å². The van der Waals surface area contributed by atoms with Gasteiger partial charge in [-0.3, -0.25) is 11.3 Å². The molecule has 0 atom stereocenters. The minimum absolute atomic E-state index is 0. The zero-order chi connectivity index (χ0) is 17.9. The van der Waals surface area contributed by atoms with Crippen molar-refractivity contribution in [2.75, 3.05) is 4.90 Å². The Hall–Kier alpha value is -2.24. The molecule has 1 nitrogen and oxygen atoms in total. The smallest absolute Gasteiger partial charge is 0.310 e. The van der Waals surface area contributed by atoms with E-state index in [9.17, 15) is 0 Å². The number of hydrogen-bond donors (Lipinski definition) is 0. The number of thiophene rings is 1. The van der Waals surface area contributed by atoms with Crippen LogP contribution in [0.4, 0.5) is 17.1 Å². The van der Waals surface area contributed by atoms with Crippen LogP contribution < -0.4 is 23.8 Å². The fourth-order valence-electron chi connectivity index (χ4n) is 3.08. The van der Waals surface area contributed by atoms with Gasteiger partial charge in [0, 0.05) is 17.1 Å². The first-order valence-corrected chi connectivity index (χ1v) is 9.52. The molecule has 0 aliphatic carbocycles. The van der Waals surface area contributed by atoms with Crippen LogP contribution in [0.3, 0.4) is 0 Å². The molecule has 0 aliphatic heterocycles. The van der Waals surface area contributed by atoms with Crippen molar-refractivity contribution in [3.63, 3.8) is 0 Å². The average molecular weight is 361 g/mol. The van der Waals surface area contributed by atoms with E-state index in [0.29, 0.717) is 0 Å². The zero-order valence-electron chi connectivity index (χ0n) is 15.9. The predicted octanol–water partition coefficient (Wildman–Crippen LogP) is 4.31. The van der Waals surface area contributed by atoms with Gasteiger partial charge in [0.1, 0.15) is 0 Å². The molecule has 0 spiro atoms. The largest absolute Gasteiger partial charge is 1.00 e. The van der Waals surface area contributed by atoms with Gasteiger partial charge in [0.25, 0.3) is 0 Å². The standard InChI is InChI=1S/C24H20NS.Li/c1-18-8-12-21(13-9-18)25(23-6-3-5-19(2)17-23)22-14-10-20(11-15-22)24-7-4-16-26-24;/h3-15,17H,1-2H3;/q-1;+1. The van der Waals surface area contributed by atoms with Crippen molar-refractivity contribution in [2.45, 2.75) is 13.8 Å². The summed E-state index contributed by atoms with van der Waals surface area (Å²) in [5.41, 5.74) is 7.24. The summed E-state index contributed by atoms with van der Waals surface area (Å²) in [6.07, 6.45) is 0. The molecule has 3 aromatic carbocycles. The van der Waals surface area contributed by atoms with Crippen LogP contribution in [0.5, 0.6) is 0 Å². The molecule has 0 bridgehead atoms. The molecule has 4 aromatic rings. The van der Waals surface area contributed by atoms with E-state index in [1.165, 1.54) is 32.9 Å². The Labute approximate surface area is 177 Å². The third-order valence-electron chi connectivity index (χ3n) is 4.43.